The number of sulfone groups is 1. The van der Waals surface area contributed by atoms with Gasteiger partial charge in [-0.25, -0.2) is 13.4 Å². The number of aromatic nitrogens is 1. The summed E-state index contributed by atoms with van der Waals surface area (Å²) in [5.74, 6) is 1.41. The molecular weight excluding hydrogens is 536 g/mol. The fourth-order valence-electron chi connectivity index (χ4n) is 3.79. The maximum atomic E-state index is 13.1. The van der Waals surface area contributed by atoms with Gasteiger partial charge in [-0.1, -0.05) is 27.5 Å². The number of halogens is 2. The summed E-state index contributed by atoms with van der Waals surface area (Å²) in [4.78, 5) is 7.12. The van der Waals surface area contributed by atoms with Crippen LogP contribution in [-0.2, 0) is 9.84 Å². The molecule has 0 aliphatic carbocycles. The van der Waals surface area contributed by atoms with Gasteiger partial charge in [0.15, 0.2) is 15.0 Å². The second kappa shape index (κ2) is 9.59. The highest BCUT2D eigenvalue weighted by atomic mass is 79.9. The summed E-state index contributed by atoms with van der Waals surface area (Å²) >= 11 is 11.1. The fourth-order valence-corrected chi connectivity index (χ4v) is 7.44. The van der Waals surface area contributed by atoms with Crippen LogP contribution in [0.4, 0.5) is 5.13 Å². The van der Waals surface area contributed by atoms with E-state index < -0.39 is 15.1 Å². The predicted octanol–water partition coefficient (Wildman–Crippen LogP) is 5.69. The number of thiazole rings is 1. The van der Waals surface area contributed by atoms with Crippen molar-refractivity contribution in [1.29, 1.82) is 0 Å². The van der Waals surface area contributed by atoms with Crippen molar-refractivity contribution in [3.63, 3.8) is 0 Å². The summed E-state index contributed by atoms with van der Waals surface area (Å²) in [7, 11) is -0.259. The van der Waals surface area contributed by atoms with Gasteiger partial charge in [-0.2, -0.15) is 0 Å². The Bertz CT molecular complexity index is 1220. The van der Waals surface area contributed by atoms with Crippen LogP contribution in [0.3, 0.4) is 0 Å². The third-order valence-electron chi connectivity index (χ3n) is 5.53. The highest BCUT2D eigenvalue weighted by molar-refractivity contribution is 9.10. The molecular formula is C22H22BrClN2O4S2. The van der Waals surface area contributed by atoms with E-state index in [1.165, 1.54) is 0 Å². The molecule has 2 heterocycles. The molecule has 0 radical (unpaired) electrons. The average molecular weight is 558 g/mol. The normalized spacial score (nSPS) is 15.1. The average Bonchev–Trinajstić information content (AvgIpc) is 3.28. The van der Waals surface area contributed by atoms with Crippen molar-refractivity contribution in [2.75, 3.05) is 32.2 Å². The Hall–Kier alpha value is -1.81. The lowest BCUT2D eigenvalue weighted by Gasteiger charge is -2.31. The minimum absolute atomic E-state index is 0.198. The van der Waals surface area contributed by atoms with Gasteiger partial charge in [0.25, 0.3) is 0 Å². The van der Waals surface area contributed by atoms with E-state index in [4.69, 9.17) is 26.1 Å². The minimum atomic E-state index is -3.49. The smallest absolute Gasteiger partial charge is 0.185 e. The third-order valence-corrected chi connectivity index (χ3v) is 9.67. The number of hydrogen-bond donors (Lipinski definition) is 0. The first-order chi connectivity index (χ1) is 15.3. The second-order valence-corrected chi connectivity index (χ2v) is 11.7. The Morgan fingerprint density at radius 3 is 2.53 bits per heavy atom. The summed E-state index contributed by atoms with van der Waals surface area (Å²) in [6.07, 6.45) is 1.05. The number of hydrogen-bond acceptors (Lipinski definition) is 7. The van der Waals surface area contributed by atoms with E-state index in [2.05, 4.69) is 20.8 Å². The number of benzene rings is 2. The van der Waals surface area contributed by atoms with Gasteiger partial charge in [-0.05, 0) is 43.2 Å². The van der Waals surface area contributed by atoms with Crippen LogP contribution in [0.1, 0.15) is 12.8 Å². The molecule has 0 unspecified atom stereocenters. The first-order valence-electron chi connectivity index (χ1n) is 9.95. The Morgan fingerprint density at radius 1 is 1.12 bits per heavy atom. The zero-order valence-electron chi connectivity index (χ0n) is 17.5. The molecule has 1 aliphatic heterocycles. The van der Waals surface area contributed by atoms with Gasteiger partial charge >= 0.3 is 0 Å². The molecule has 0 amide bonds. The number of nitrogens with zero attached hydrogens (tertiary/aromatic N) is 2. The Kier molecular flexibility index (Phi) is 7.00. The van der Waals surface area contributed by atoms with E-state index in [1.807, 2.05) is 23.6 Å². The van der Waals surface area contributed by atoms with Crippen molar-refractivity contribution in [3.05, 3.63) is 51.3 Å². The molecule has 3 aromatic rings. The zero-order valence-corrected chi connectivity index (χ0v) is 21.5. The van der Waals surface area contributed by atoms with Crippen molar-refractivity contribution in [3.8, 4) is 22.8 Å². The molecule has 0 N–H and O–H groups in total. The first-order valence-corrected chi connectivity index (χ1v) is 13.5. The van der Waals surface area contributed by atoms with Crippen molar-refractivity contribution < 1.29 is 17.9 Å². The summed E-state index contributed by atoms with van der Waals surface area (Å²) in [5.41, 5.74) is 1.71. The molecule has 1 saturated heterocycles. The minimum Gasteiger partial charge on any atom is -0.497 e. The van der Waals surface area contributed by atoms with Crippen LogP contribution < -0.4 is 14.4 Å². The van der Waals surface area contributed by atoms with Crippen LogP contribution in [0, 0.1) is 0 Å². The van der Waals surface area contributed by atoms with Crippen molar-refractivity contribution in [1.82, 2.24) is 4.98 Å². The van der Waals surface area contributed by atoms with Gasteiger partial charge in [0.2, 0.25) is 0 Å². The van der Waals surface area contributed by atoms with Crippen molar-refractivity contribution >= 4 is 53.8 Å². The highest BCUT2D eigenvalue weighted by Crippen LogP contribution is 2.37. The van der Waals surface area contributed by atoms with Crippen molar-refractivity contribution in [2.45, 2.75) is 23.0 Å². The maximum Gasteiger partial charge on any atom is 0.185 e. The van der Waals surface area contributed by atoms with Gasteiger partial charge in [0.05, 0.1) is 35.1 Å². The molecule has 4 rings (SSSR count). The number of methoxy groups -OCH3 is 2. The second-order valence-electron chi connectivity index (χ2n) is 7.39. The molecule has 0 atom stereocenters. The molecule has 1 aliphatic rings. The van der Waals surface area contributed by atoms with Crippen molar-refractivity contribution in [2.24, 2.45) is 0 Å². The number of ether oxygens (including phenoxy) is 2. The van der Waals surface area contributed by atoms with Gasteiger partial charge < -0.3 is 14.4 Å². The maximum absolute atomic E-state index is 13.1. The standard InChI is InChI=1S/C22H22BrClN2O4S2/c1-29-15-4-5-17(20(12-15)30-2)19-13-31-22(25-19)26-9-7-16(8-10-26)32(27,28)21-6-3-14(23)11-18(21)24/h3-6,11-13,16H,7-10H2,1-2H3. The number of anilines is 1. The number of piperidine rings is 1. The summed E-state index contributed by atoms with van der Waals surface area (Å²) in [6, 6.07) is 10.5. The predicted molar refractivity (Wildman–Crippen MR) is 132 cm³/mol. The molecule has 0 bridgehead atoms. The topological polar surface area (TPSA) is 68.7 Å². The van der Waals surface area contributed by atoms with Gasteiger partial charge in [0, 0.05) is 34.6 Å². The van der Waals surface area contributed by atoms with Crippen LogP contribution in [0.5, 0.6) is 11.5 Å². The van der Waals surface area contributed by atoms with Crippen LogP contribution in [0.25, 0.3) is 11.3 Å². The Labute approximate surface area is 205 Å². The Balaban J connectivity index is 1.48. The summed E-state index contributed by atoms with van der Waals surface area (Å²) in [5, 5.41) is 2.65. The van der Waals surface area contributed by atoms with Gasteiger partial charge in [-0.15, -0.1) is 11.3 Å². The van der Waals surface area contributed by atoms with E-state index >= 15 is 0 Å². The molecule has 32 heavy (non-hydrogen) atoms. The summed E-state index contributed by atoms with van der Waals surface area (Å²) in [6.45, 7) is 1.23. The van der Waals surface area contributed by atoms with Crippen LogP contribution in [-0.4, -0.2) is 46.0 Å². The van der Waals surface area contributed by atoms with E-state index in [0.717, 1.165) is 26.6 Å². The molecule has 1 aromatic heterocycles. The monoisotopic (exact) mass is 556 g/mol. The molecule has 10 heteroatoms. The fraction of sp³-hybridized carbons (Fsp3) is 0.318. The molecule has 0 spiro atoms. The SMILES string of the molecule is COc1ccc(-c2csc(N3CCC(S(=O)(=O)c4ccc(Br)cc4Cl)CC3)n2)c(OC)c1. The quantitative estimate of drug-likeness (QED) is 0.388. The third kappa shape index (κ3) is 4.62. The van der Waals surface area contributed by atoms with E-state index in [-0.39, 0.29) is 9.92 Å². The molecule has 170 valence electrons. The zero-order chi connectivity index (χ0) is 22.9. The first kappa shape index (κ1) is 23.4. The molecule has 1 fully saturated rings. The van der Waals surface area contributed by atoms with Crippen LogP contribution in [0.15, 0.2) is 51.1 Å². The lowest BCUT2D eigenvalue weighted by Crippen LogP contribution is -2.39. The Morgan fingerprint density at radius 2 is 1.88 bits per heavy atom. The molecule has 6 nitrogen and oxygen atoms in total. The van der Waals surface area contributed by atoms with E-state index in [0.29, 0.717) is 31.7 Å². The molecule has 2 aromatic carbocycles. The molecule has 0 saturated carbocycles. The van der Waals surface area contributed by atoms with Crippen LogP contribution in [0.2, 0.25) is 5.02 Å². The van der Waals surface area contributed by atoms with Gasteiger partial charge in [-0.3, -0.25) is 0 Å². The van der Waals surface area contributed by atoms with Crippen LogP contribution >= 0.6 is 38.9 Å². The summed E-state index contributed by atoms with van der Waals surface area (Å²) < 4.78 is 37.8. The lowest BCUT2D eigenvalue weighted by molar-refractivity contribution is 0.395. The van der Waals surface area contributed by atoms with E-state index in [9.17, 15) is 8.42 Å². The van der Waals surface area contributed by atoms with E-state index in [1.54, 1.807) is 43.8 Å². The lowest BCUT2D eigenvalue weighted by atomic mass is 10.1. The van der Waals surface area contributed by atoms with Gasteiger partial charge in [0.1, 0.15) is 11.5 Å². The highest BCUT2D eigenvalue weighted by Gasteiger charge is 2.33. The largest absolute Gasteiger partial charge is 0.497 e. The number of rotatable bonds is 6.